The van der Waals surface area contributed by atoms with Crippen LogP contribution in [0.2, 0.25) is 0 Å². The van der Waals surface area contributed by atoms with Crippen molar-refractivity contribution in [1.29, 1.82) is 0 Å². The van der Waals surface area contributed by atoms with E-state index in [1.165, 1.54) is 12.0 Å². The summed E-state index contributed by atoms with van der Waals surface area (Å²) in [5, 5.41) is 22.1. The number of carbonyl (C=O) groups is 4. The van der Waals surface area contributed by atoms with Gasteiger partial charge in [0, 0.05) is 73.2 Å². The Labute approximate surface area is 327 Å². The number of urea groups is 1. The van der Waals surface area contributed by atoms with Gasteiger partial charge in [-0.15, -0.1) is 0 Å². The fraction of sp³-hybridized carbons (Fsp3) is 0.476. The van der Waals surface area contributed by atoms with Crippen LogP contribution in [0, 0.1) is 12.8 Å². The Hall–Kier alpha value is -5.34. The molecule has 56 heavy (non-hydrogen) atoms. The summed E-state index contributed by atoms with van der Waals surface area (Å²) in [6, 6.07) is 14.0. The predicted molar refractivity (Wildman–Crippen MR) is 213 cm³/mol. The first-order valence-electron chi connectivity index (χ1n) is 19.7. The number of aliphatic hydroxyl groups is 1. The number of ether oxygens (including phenoxy) is 1. The van der Waals surface area contributed by atoms with Crippen molar-refractivity contribution in [3.8, 4) is 5.75 Å². The molecule has 0 spiro atoms. The van der Waals surface area contributed by atoms with Crippen LogP contribution in [0.25, 0.3) is 10.9 Å². The van der Waals surface area contributed by atoms with Crippen molar-refractivity contribution in [3.05, 3.63) is 77.2 Å². The summed E-state index contributed by atoms with van der Waals surface area (Å²) in [5.74, 6) is 0.344. The third kappa shape index (κ3) is 8.71. The number of anilines is 2. The van der Waals surface area contributed by atoms with Gasteiger partial charge in [-0.25, -0.2) is 9.78 Å². The molecule has 2 aromatic heterocycles. The van der Waals surface area contributed by atoms with Gasteiger partial charge >= 0.3 is 6.03 Å². The average Bonchev–Trinajstić information content (AvgIpc) is 3.60. The number of pyridine rings is 1. The number of amides is 5. The topological polar surface area (TPSA) is 162 Å². The Morgan fingerprint density at radius 2 is 1.77 bits per heavy atom. The van der Waals surface area contributed by atoms with Gasteiger partial charge in [0.25, 0.3) is 11.8 Å². The molecule has 3 saturated heterocycles. The maximum absolute atomic E-state index is 13.5. The normalized spacial score (nSPS) is 17.7. The van der Waals surface area contributed by atoms with Gasteiger partial charge in [0.2, 0.25) is 5.91 Å². The van der Waals surface area contributed by atoms with Gasteiger partial charge in [-0.2, -0.15) is 5.10 Å². The summed E-state index contributed by atoms with van der Waals surface area (Å²) in [4.78, 5) is 61.0. The molecule has 3 N–H and O–H groups in total. The zero-order valence-corrected chi connectivity index (χ0v) is 32.7. The van der Waals surface area contributed by atoms with E-state index in [0.717, 1.165) is 74.8 Å². The van der Waals surface area contributed by atoms with Crippen molar-refractivity contribution in [2.45, 2.75) is 77.4 Å². The summed E-state index contributed by atoms with van der Waals surface area (Å²) < 4.78 is 7.52. The number of hydrogen-bond donors (Lipinski definition) is 3. The summed E-state index contributed by atoms with van der Waals surface area (Å²) in [6.07, 6.45) is 8.38. The molecule has 3 fully saturated rings. The number of likely N-dealkylation sites (tertiary alicyclic amines) is 2. The molecule has 0 unspecified atom stereocenters. The first kappa shape index (κ1) is 38.9. The number of rotatable bonds is 11. The molecular weight excluding hydrogens is 713 g/mol. The van der Waals surface area contributed by atoms with E-state index in [0.29, 0.717) is 53.0 Å². The van der Waals surface area contributed by atoms with Gasteiger partial charge in [-0.05, 0) is 114 Å². The van der Waals surface area contributed by atoms with Gasteiger partial charge in [-0.1, -0.05) is 6.07 Å². The number of hydrogen-bond acceptors (Lipinski definition) is 9. The lowest BCUT2D eigenvalue weighted by Gasteiger charge is -2.34. The Bertz CT molecular complexity index is 2110. The minimum atomic E-state index is -1.19. The number of aromatic nitrogens is 3. The van der Waals surface area contributed by atoms with E-state index < -0.39 is 11.6 Å². The SMILES string of the molecule is COc1ccc(C(=O)N2CCC(CCCN3CCC(n4cc5cc(NC(=O)c6cccc(C)n6)c(C(C)(C)O)cc5n4)CC3)CC2)cc1N1CCC(=O)NC1=O. The van der Waals surface area contributed by atoms with E-state index in [-0.39, 0.29) is 36.7 Å². The lowest BCUT2D eigenvalue weighted by atomic mass is 9.91. The highest BCUT2D eigenvalue weighted by atomic mass is 16.5. The number of carbonyl (C=O) groups excluding carboxylic acids is 4. The van der Waals surface area contributed by atoms with Crippen LogP contribution in [0.3, 0.4) is 0 Å². The fourth-order valence-corrected chi connectivity index (χ4v) is 8.19. The Morgan fingerprint density at radius 3 is 2.46 bits per heavy atom. The van der Waals surface area contributed by atoms with Crippen molar-refractivity contribution in [2.75, 3.05) is 56.6 Å². The lowest BCUT2D eigenvalue weighted by molar-refractivity contribution is -0.120. The van der Waals surface area contributed by atoms with E-state index in [1.807, 2.05) is 36.2 Å². The molecule has 0 aliphatic carbocycles. The first-order chi connectivity index (χ1) is 26.9. The molecular formula is C42H52N8O6. The number of imide groups is 1. The van der Waals surface area contributed by atoms with E-state index in [2.05, 4.69) is 25.2 Å². The lowest BCUT2D eigenvalue weighted by Crippen LogP contribution is -2.49. The van der Waals surface area contributed by atoms with Crippen LogP contribution in [0.15, 0.2) is 54.7 Å². The van der Waals surface area contributed by atoms with Gasteiger partial charge in [0.1, 0.15) is 11.4 Å². The number of methoxy groups -OCH3 is 1. The minimum Gasteiger partial charge on any atom is -0.495 e. The van der Waals surface area contributed by atoms with Crippen molar-refractivity contribution >= 4 is 46.0 Å². The second kappa shape index (κ2) is 16.4. The maximum Gasteiger partial charge on any atom is 0.328 e. The number of nitrogens with one attached hydrogen (secondary N) is 2. The fourth-order valence-electron chi connectivity index (χ4n) is 8.19. The predicted octanol–water partition coefficient (Wildman–Crippen LogP) is 5.64. The highest BCUT2D eigenvalue weighted by molar-refractivity contribution is 6.07. The standard InChI is InChI=1S/C42H52N8O6/c1-27-7-5-9-33(43-27)39(52)44-35-23-30-26-50(46-34(30)25-32(35)42(2,3)55)31-14-18-47(19-15-31)17-6-8-28-12-20-48(21-13-28)40(53)29-10-11-37(56-4)36(24-29)49-22-16-38(51)45-41(49)54/h5,7,9-11,23-26,28,31,55H,6,8,12-22H2,1-4H3,(H,44,52)(H,45,51,54). The molecule has 296 valence electrons. The number of aryl methyl sites for hydroxylation is 1. The monoisotopic (exact) mass is 764 g/mol. The summed E-state index contributed by atoms with van der Waals surface area (Å²) in [7, 11) is 1.52. The number of benzene rings is 2. The maximum atomic E-state index is 13.5. The zero-order valence-electron chi connectivity index (χ0n) is 32.7. The number of nitrogens with zero attached hydrogens (tertiary/aromatic N) is 6. The number of fused-ring (bicyclic) bond motifs is 1. The highest BCUT2D eigenvalue weighted by Gasteiger charge is 2.30. The molecule has 0 atom stereocenters. The van der Waals surface area contributed by atoms with Crippen molar-refractivity contribution < 1.29 is 29.0 Å². The van der Waals surface area contributed by atoms with E-state index in [4.69, 9.17) is 9.84 Å². The van der Waals surface area contributed by atoms with Crippen LogP contribution in [0.4, 0.5) is 16.2 Å². The quantitative estimate of drug-likeness (QED) is 0.175. The van der Waals surface area contributed by atoms with Crippen molar-refractivity contribution in [3.63, 3.8) is 0 Å². The average molecular weight is 765 g/mol. The third-order valence-electron chi connectivity index (χ3n) is 11.4. The number of piperidine rings is 2. The third-order valence-corrected chi connectivity index (χ3v) is 11.4. The van der Waals surface area contributed by atoms with Crippen LogP contribution >= 0.6 is 0 Å². The summed E-state index contributed by atoms with van der Waals surface area (Å²) in [5.41, 5.74) is 2.78. The van der Waals surface area contributed by atoms with Crippen LogP contribution in [-0.4, -0.2) is 99.8 Å². The molecule has 2 aromatic carbocycles. The second-order valence-electron chi connectivity index (χ2n) is 15.8. The summed E-state index contributed by atoms with van der Waals surface area (Å²) >= 11 is 0. The molecule has 4 aromatic rings. The van der Waals surface area contributed by atoms with Gasteiger partial charge in [0.15, 0.2) is 0 Å². The van der Waals surface area contributed by atoms with Crippen LogP contribution < -0.4 is 20.3 Å². The molecule has 14 nitrogen and oxygen atoms in total. The molecule has 5 heterocycles. The van der Waals surface area contributed by atoms with Gasteiger partial charge in [0.05, 0.1) is 30.0 Å². The molecule has 0 bridgehead atoms. The van der Waals surface area contributed by atoms with Crippen molar-refractivity contribution in [1.82, 2.24) is 29.9 Å². The Morgan fingerprint density at radius 1 is 1.00 bits per heavy atom. The summed E-state index contributed by atoms with van der Waals surface area (Å²) in [6.45, 7) is 9.91. The first-order valence-corrected chi connectivity index (χ1v) is 19.7. The second-order valence-corrected chi connectivity index (χ2v) is 15.8. The van der Waals surface area contributed by atoms with Crippen LogP contribution in [0.5, 0.6) is 5.75 Å². The molecule has 14 heteroatoms. The Kier molecular flexibility index (Phi) is 11.4. The molecule has 7 rings (SSSR count). The molecule has 0 radical (unpaired) electrons. The Balaban J connectivity index is 0.882. The van der Waals surface area contributed by atoms with Crippen LogP contribution in [0.1, 0.15) is 96.9 Å². The largest absolute Gasteiger partial charge is 0.495 e. The molecule has 3 aliphatic rings. The van der Waals surface area contributed by atoms with Gasteiger partial charge in [-0.3, -0.25) is 29.3 Å². The van der Waals surface area contributed by atoms with Gasteiger partial charge < -0.3 is 25.0 Å². The molecule has 5 amide bonds. The van der Waals surface area contributed by atoms with E-state index >= 15 is 0 Å². The zero-order chi connectivity index (χ0) is 39.6. The minimum absolute atomic E-state index is 0.0608. The smallest absolute Gasteiger partial charge is 0.328 e. The highest BCUT2D eigenvalue weighted by Crippen LogP contribution is 2.35. The van der Waals surface area contributed by atoms with Crippen LogP contribution in [-0.2, 0) is 10.4 Å². The molecule has 0 saturated carbocycles. The van der Waals surface area contributed by atoms with E-state index in [9.17, 15) is 24.3 Å². The van der Waals surface area contributed by atoms with Crippen molar-refractivity contribution in [2.24, 2.45) is 5.92 Å². The van der Waals surface area contributed by atoms with E-state index in [1.54, 1.807) is 44.2 Å². The molecule has 3 aliphatic heterocycles.